The largest absolute Gasteiger partial charge is 0.478 e. The zero-order chi connectivity index (χ0) is 14.3. The third-order valence-corrected chi connectivity index (χ3v) is 6.34. The first-order valence-electron chi connectivity index (χ1n) is 6.04. The van der Waals surface area contributed by atoms with E-state index in [-0.39, 0.29) is 21.2 Å². The number of carboxylic acid groups (broad SMARTS) is 1. The summed E-state index contributed by atoms with van der Waals surface area (Å²) in [4.78, 5) is 10.8. The van der Waals surface area contributed by atoms with Gasteiger partial charge in [0.15, 0.2) is 0 Å². The highest BCUT2D eigenvalue weighted by atomic mass is 32.2. The Morgan fingerprint density at radius 2 is 2.21 bits per heavy atom. The molecule has 0 aromatic carbocycles. The number of carbonyl (C=O) groups is 1. The molecule has 1 fully saturated rings. The monoisotopic (exact) mass is 303 g/mol. The molecule has 2 N–H and O–H groups in total. The Morgan fingerprint density at radius 3 is 2.68 bits per heavy atom. The summed E-state index contributed by atoms with van der Waals surface area (Å²) < 4.78 is 27.0. The zero-order valence-electron chi connectivity index (χ0n) is 10.8. The van der Waals surface area contributed by atoms with Crippen LogP contribution < -0.4 is 4.72 Å². The van der Waals surface area contributed by atoms with Gasteiger partial charge in [-0.25, -0.2) is 17.9 Å². The molecule has 1 aliphatic rings. The van der Waals surface area contributed by atoms with Gasteiger partial charge in [0.25, 0.3) is 0 Å². The van der Waals surface area contributed by atoms with Gasteiger partial charge in [-0.3, -0.25) is 0 Å². The molecular weight excluding hydrogens is 286 g/mol. The molecule has 5 nitrogen and oxygen atoms in total. The van der Waals surface area contributed by atoms with E-state index in [0.29, 0.717) is 0 Å². The third kappa shape index (κ3) is 3.34. The van der Waals surface area contributed by atoms with Gasteiger partial charge in [-0.05, 0) is 30.7 Å². The predicted octanol–water partition coefficient (Wildman–Crippen LogP) is 2.30. The molecule has 0 radical (unpaired) electrons. The first-order valence-corrected chi connectivity index (χ1v) is 8.40. The van der Waals surface area contributed by atoms with Gasteiger partial charge in [-0.2, -0.15) is 0 Å². The first kappa shape index (κ1) is 14.5. The maximum Gasteiger partial charge on any atom is 0.336 e. The molecule has 0 saturated heterocycles. The minimum atomic E-state index is -3.60. The topological polar surface area (TPSA) is 83.5 Å². The van der Waals surface area contributed by atoms with Gasteiger partial charge in [0.1, 0.15) is 4.21 Å². The minimum Gasteiger partial charge on any atom is -0.478 e. The first-order chi connectivity index (χ1) is 8.70. The quantitative estimate of drug-likeness (QED) is 0.894. The number of hydrogen-bond acceptors (Lipinski definition) is 4. The standard InChI is InChI=1S/C12H17NO4S2/c1-12(2)4-3-9(6-12)13-19(16,17)10-5-8(7-18-10)11(14)15/h5,7,9,13H,3-4,6H2,1-2H3,(H,14,15). The molecule has 7 heteroatoms. The number of thiophene rings is 1. The van der Waals surface area contributed by atoms with Crippen LogP contribution in [0.1, 0.15) is 43.5 Å². The fraction of sp³-hybridized carbons (Fsp3) is 0.583. The molecule has 1 atom stereocenters. The summed E-state index contributed by atoms with van der Waals surface area (Å²) in [6, 6.07) is 1.14. The van der Waals surface area contributed by atoms with E-state index in [1.165, 1.54) is 11.4 Å². The number of carboxylic acids is 1. The molecule has 1 heterocycles. The summed E-state index contributed by atoms with van der Waals surface area (Å²) >= 11 is 0.937. The summed E-state index contributed by atoms with van der Waals surface area (Å²) in [6.07, 6.45) is 2.62. The molecule has 19 heavy (non-hydrogen) atoms. The smallest absolute Gasteiger partial charge is 0.336 e. The molecule has 0 aliphatic heterocycles. The summed E-state index contributed by atoms with van der Waals surface area (Å²) in [5.41, 5.74) is 0.173. The molecule has 1 aromatic heterocycles. The molecule has 106 valence electrons. The van der Waals surface area contributed by atoms with Crippen molar-refractivity contribution in [1.29, 1.82) is 0 Å². The maximum absolute atomic E-state index is 12.1. The van der Waals surface area contributed by atoms with Crippen molar-refractivity contribution in [3.8, 4) is 0 Å². The van der Waals surface area contributed by atoms with Crippen molar-refractivity contribution in [2.24, 2.45) is 5.41 Å². The second-order valence-corrected chi connectivity index (χ2v) is 8.54. The van der Waals surface area contributed by atoms with Gasteiger partial charge in [-0.1, -0.05) is 13.8 Å². The van der Waals surface area contributed by atoms with Crippen molar-refractivity contribution in [3.05, 3.63) is 17.0 Å². The fourth-order valence-electron chi connectivity index (χ4n) is 2.38. The van der Waals surface area contributed by atoms with E-state index < -0.39 is 16.0 Å². The second kappa shape index (κ2) is 4.88. The molecule has 1 aliphatic carbocycles. The van der Waals surface area contributed by atoms with Crippen molar-refractivity contribution < 1.29 is 18.3 Å². The number of rotatable bonds is 4. The Hall–Kier alpha value is -0.920. The lowest BCUT2D eigenvalue weighted by Crippen LogP contribution is -2.33. The number of sulfonamides is 1. The van der Waals surface area contributed by atoms with Gasteiger partial charge in [-0.15, -0.1) is 11.3 Å². The van der Waals surface area contributed by atoms with E-state index in [0.717, 1.165) is 30.6 Å². The molecule has 0 bridgehead atoms. The lowest BCUT2D eigenvalue weighted by Gasteiger charge is -2.17. The lowest BCUT2D eigenvalue weighted by molar-refractivity contribution is 0.0697. The highest BCUT2D eigenvalue weighted by Gasteiger charge is 2.34. The fourth-order valence-corrected chi connectivity index (χ4v) is 4.82. The Morgan fingerprint density at radius 1 is 1.53 bits per heavy atom. The Labute approximate surface area is 116 Å². The molecular formula is C12H17NO4S2. The van der Waals surface area contributed by atoms with Crippen LogP contribution in [-0.2, 0) is 10.0 Å². The minimum absolute atomic E-state index is 0.0112. The van der Waals surface area contributed by atoms with Crippen LogP contribution >= 0.6 is 11.3 Å². The van der Waals surface area contributed by atoms with E-state index in [2.05, 4.69) is 18.6 Å². The highest BCUT2D eigenvalue weighted by Crippen LogP contribution is 2.37. The lowest BCUT2D eigenvalue weighted by atomic mass is 9.92. The number of nitrogens with one attached hydrogen (secondary N) is 1. The van der Waals surface area contributed by atoms with Crippen LogP contribution in [-0.4, -0.2) is 25.5 Å². The molecule has 0 spiro atoms. The van der Waals surface area contributed by atoms with Crippen molar-refractivity contribution in [2.75, 3.05) is 0 Å². The average Bonchev–Trinajstić information content (AvgIpc) is 2.84. The zero-order valence-corrected chi connectivity index (χ0v) is 12.5. The van der Waals surface area contributed by atoms with Gasteiger partial charge >= 0.3 is 5.97 Å². The van der Waals surface area contributed by atoms with E-state index in [4.69, 9.17) is 5.11 Å². The normalized spacial score (nSPS) is 22.5. The third-order valence-electron chi connectivity index (χ3n) is 3.38. The second-order valence-electron chi connectivity index (χ2n) is 5.68. The maximum atomic E-state index is 12.1. The predicted molar refractivity (Wildman–Crippen MR) is 73.0 cm³/mol. The van der Waals surface area contributed by atoms with Gasteiger partial charge < -0.3 is 5.11 Å². The van der Waals surface area contributed by atoms with E-state index in [1.54, 1.807) is 0 Å². The van der Waals surface area contributed by atoms with Gasteiger partial charge in [0, 0.05) is 11.4 Å². The Kier molecular flexibility index (Phi) is 3.72. The van der Waals surface area contributed by atoms with E-state index in [9.17, 15) is 13.2 Å². The van der Waals surface area contributed by atoms with Crippen LogP contribution in [0, 0.1) is 5.41 Å². The van der Waals surface area contributed by atoms with Crippen LogP contribution in [0.3, 0.4) is 0 Å². The van der Waals surface area contributed by atoms with Gasteiger partial charge in [0.2, 0.25) is 10.0 Å². The van der Waals surface area contributed by atoms with Crippen molar-refractivity contribution in [3.63, 3.8) is 0 Å². The average molecular weight is 303 g/mol. The Bertz CT molecular complexity index is 589. The van der Waals surface area contributed by atoms with Crippen LogP contribution in [0.2, 0.25) is 0 Å². The number of aromatic carboxylic acids is 1. The molecule has 1 aromatic rings. The van der Waals surface area contributed by atoms with E-state index >= 15 is 0 Å². The van der Waals surface area contributed by atoms with Crippen LogP contribution in [0.4, 0.5) is 0 Å². The summed E-state index contributed by atoms with van der Waals surface area (Å²) in [6.45, 7) is 4.24. The molecule has 1 unspecified atom stereocenters. The van der Waals surface area contributed by atoms with Crippen molar-refractivity contribution in [2.45, 2.75) is 43.4 Å². The van der Waals surface area contributed by atoms with Crippen molar-refractivity contribution >= 4 is 27.3 Å². The van der Waals surface area contributed by atoms with Crippen molar-refractivity contribution in [1.82, 2.24) is 4.72 Å². The summed E-state index contributed by atoms with van der Waals surface area (Å²) in [7, 11) is -3.60. The summed E-state index contributed by atoms with van der Waals surface area (Å²) in [5.74, 6) is -1.11. The van der Waals surface area contributed by atoms with Crippen LogP contribution in [0.25, 0.3) is 0 Å². The SMILES string of the molecule is CC1(C)CCC(NS(=O)(=O)c2cc(C(=O)O)cs2)C1. The molecule has 2 rings (SSSR count). The molecule has 0 amide bonds. The summed E-state index contributed by atoms with van der Waals surface area (Å²) in [5, 5.41) is 10.2. The molecule has 1 saturated carbocycles. The van der Waals surface area contributed by atoms with Crippen LogP contribution in [0.15, 0.2) is 15.7 Å². The highest BCUT2D eigenvalue weighted by molar-refractivity contribution is 7.91. The Balaban J connectivity index is 2.12. The van der Waals surface area contributed by atoms with E-state index in [1.807, 2.05) is 0 Å². The van der Waals surface area contributed by atoms with Crippen LogP contribution in [0.5, 0.6) is 0 Å². The number of hydrogen-bond donors (Lipinski definition) is 2. The van der Waals surface area contributed by atoms with Gasteiger partial charge in [0.05, 0.1) is 5.56 Å².